The first-order chi connectivity index (χ1) is 11.2. The Morgan fingerprint density at radius 2 is 2.04 bits per heavy atom. The fraction of sp³-hybridized carbons (Fsp3) is 0.412. The van der Waals surface area contributed by atoms with Crippen molar-refractivity contribution in [3.8, 4) is 11.5 Å². The predicted molar refractivity (Wildman–Crippen MR) is 90.7 cm³/mol. The summed E-state index contributed by atoms with van der Waals surface area (Å²) in [6.45, 7) is 0.805. The molecule has 0 atom stereocenters. The third kappa shape index (κ3) is 2.67. The Labute approximate surface area is 138 Å². The number of ether oxygens (including phenoxy) is 2. The normalized spacial score (nSPS) is 16.6. The molecule has 5 nitrogen and oxygen atoms in total. The van der Waals surface area contributed by atoms with Gasteiger partial charge in [0.1, 0.15) is 0 Å². The Balaban J connectivity index is 1.72. The van der Waals surface area contributed by atoms with Crippen LogP contribution >= 0.6 is 12.2 Å². The average Bonchev–Trinajstić information content (AvgIpc) is 3.01. The summed E-state index contributed by atoms with van der Waals surface area (Å²) in [5.74, 6) is 1.26. The summed E-state index contributed by atoms with van der Waals surface area (Å²) in [4.78, 5) is 15.9. The Kier molecular flexibility index (Phi) is 3.69. The highest BCUT2D eigenvalue weighted by molar-refractivity contribution is 7.71. The summed E-state index contributed by atoms with van der Waals surface area (Å²) < 4.78 is 12.8. The molecular formula is C17H18N2O3S. The quantitative estimate of drug-likeness (QED) is 0.689. The summed E-state index contributed by atoms with van der Waals surface area (Å²) in [7, 11) is 0. The van der Waals surface area contributed by atoms with E-state index in [0.29, 0.717) is 33.7 Å². The predicted octanol–water partition coefficient (Wildman–Crippen LogP) is 3.68. The number of aromatic nitrogens is 2. The molecule has 6 heteroatoms. The number of rotatable bonds is 3. The molecule has 1 N–H and O–H groups in total. The molecule has 0 spiro atoms. The van der Waals surface area contributed by atoms with Crippen molar-refractivity contribution in [3.05, 3.63) is 38.9 Å². The van der Waals surface area contributed by atoms with Crippen LogP contribution < -0.4 is 15.0 Å². The number of benzene rings is 1. The maximum absolute atomic E-state index is 12.8. The third-order valence-electron chi connectivity index (χ3n) is 4.52. The molecule has 0 saturated carbocycles. The van der Waals surface area contributed by atoms with Gasteiger partial charge in [0.25, 0.3) is 5.56 Å². The van der Waals surface area contributed by atoms with Crippen molar-refractivity contribution in [1.29, 1.82) is 0 Å². The van der Waals surface area contributed by atoms with E-state index in [1.807, 2.05) is 0 Å². The lowest BCUT2D eigenvalue weighted by Gasteiger charge is -2.14. The topological polar surface area (TPSA) is 56.2 Å². The van der Waals surface area contributed by atoms with Gasteiger partial charge in [-0.05, 0) is 50.4 Å². The number of aromatic amines is 1. The number of H-pyrrole nitrogens is 1. The van der Waals surface area contributed by atoms with Crippen LogP contribution in [0.2, 0.25) is 0 Å². The zero-order valence-corrected chi connectivity index (χ0v) is 13.6. The van der Waals surface area contributed by atoms with E-state index in [1.165, 1.54) is 18.4 Å². The number of nitrogens with zero attached hydrogens (tertiary/aromatic N) is 1. The molecule has 4 rings (SSSR count). The first kappa shape index (κ1) is 14.5. The molecule has 120 valence electrons. The van der Waals surface area contributed by atoms with Crippen LogP contribution in [0.1, 0.15) is 32.1 Å². The summed E-state index contributed by atoms with van der Waals surface area (Å²) in [6.07, 6.45) is 7.99. The van der Waals surface area contributed by atoms with Crippen molar-refractivity contribution in [2.75, 3.05) is 6.79 Å². The minimum atomic E-state index is -0.0709. The smallest absolute Gasteiger partial charge is 0.262 e. The van der Waals surface area contributed by atoms with Crippen LogP contribution in [0.5, 0.6) is 11.5 Å². The molecule has 2 aromatic rings. The number of fused-ring (bicyclic) bond motifs is 2. The molecule has 1 aliphatic heterocycles. The van der Waals surface area contributed by atoms with Crippen LogP contribution in [0, 0.1) is 4.77 Å². The molecule has 0 radical (unpaired) electrons. The number of nitrogens with one attached hydrogen (secondary N) is 1. The molecule has 2 heterocycles. The van der Waals surface area contributed by atoms with Gasteiger partial charge in [0, 0.05) is 12.6 Å². The van der Waals surface area contributed by atoms with E-state index in [1.54, 1.807) is 16.7 Å². The maximum Gasteiger partial charge on any atom is 0.262 e. The SMILES string of the molecule is O=c1c2cc3c(cc2[nH]c(=S)n1CCC1=CCCCC1)OCO3. The van der Waals surface area contributed by atoms with Gasteiger partial charge >= 0.3 is 0 Å². The van der Waals surface area contributed by atoms with E-state index >= 15 is 0 Å². The highest BCUT2D eigenvalue weighted by atomic mass is 32.1. The summed E-state index contributed by atoms with van der Waals surface area (Å²) in [5.41, 5.74) is 2.05. The van der Waals surface area contributed by atoms with E-state index in [0.717, 1.165) is 19.3 Å². The molecular weight excluding hydrogens is 312 g/mol. The lowest BCUT2D eigenvalue weighted by molar-refractivity contribution is 0.174. The average molecular weight is 330 g/mol. The standard InChI is InChI=1S/C17H18N2O3S/c20-16-12-8-14-15(22-10-21-14)9-13(12)18-17(23)19(16)7-6-11-4-2-1-3-5-11/h4,8-9H,1-3,5-7,10H2,(H,18,23). The zero-order chi connectivity index (χ0) is 15.8. The lowest BCUT2D eigenvalue weighted by Crippen LogP contribution is -2.22. The Hall–Kier alpha value is -2.08. The number of allylic oxidation sites excluding steroid dienone is 2. The van der Waals surface area contributed by atoms with E-state index < -0.39 is 0 Å². The number of hydrogen-bond acceptors (Lipinski definition) is 4. The second kappa shape index (κ2) is 5.85. The van der Waals surface area contributed by atoms with E-state index in [-0.39, 0.29) is 12.4 Å². The maximum atomic E-state index is 12.8. The van der Waals surface area contributed by atoms with Crippen molar-refractivity contribution in [2.45, 2.75) is 38.6 Å². The Bertz CT molecular complexity index is 910. The molecule has 1 aliphatic carbocycles. The molecule has 2 aliphatic rings. The first-order valence-electron chi connectivity index (χ1n) is 7.97. The van der Waals surface area contributed by atoms with Crippen molar-refractivity contribution >= 4 is 23.1 Å². The van der Waals surface area contributed by atoms with Gasteiger partial charge in [-0.25, -0.2) is 0 Å². The highest BCUT2D eigenvalue weighted by Gasteiger charge is 2.17. The minimum absolute atomic E-state index is 0.0709. The molecule has 0 amide bonds. The Morgan fingerprint density at radius 3 is 2.83 bits per heavy atom. The molecule has 1 aromatic heterocycles. The minimum Gasteiger partial charge on any atom is -0.454 e. The van der Waals surface area contributed by atoms with E-state index in [9.17, 15) is 4.79 Å². The summed E-state index contributed by atoms with van der Waals surface area (Å²) >= 11 is 5.38. The second-order valence-corrected chi connectivity index (χ2v) is 6.38. The van der Waals surface area contributed by atoms with Gasteiger partial charge in [-0.3, -0.25) is 9.36 Å². The first-order valence-corrected chi connectivity index (χ1v) is 8.37. The van der Waals surface area contributed by atoms with Gasteiger partial charge < -0.3 is 14.5 Å². The van der Waals surface area contributed by atoms with Crippen LogP contribution in [0.3, 0.4) is 0 Å². The highest BCUT2D eigenvalue weighted by Crippen LogP contribution is 2.34. The second-order valence-electron chi connectivity index (χ2n) is 6.00. The summed E-state index contributed by atoms with van der Waals surface area (Å²) in [5, 5.41) is 0.584. The molecule has 1 aromatic carbocycles. The van der Waals surface area contributed by atoms with Gasteiger partial charge in [0.2, 0.25) is 6.79 Å². The molecule has 0 fully saturated rings. The molecule has 0 saturated heterocycles. The third-order valence-corrected chi connectivity index (χ3v) is 4.84. The lowest BCUT2D eigenvalue weighted by atomic mass is 9.97. The van der Waals surface area contributed by atoms with Crippen LogP contribution in [-0.4, -0.2) is 16.3 Å². The fourth-order valence-corrected chi connectivity index (χ4v) is 3.52. The van der Waals surface area contributed by atoms with Crippen molar-refractivity contribution in [3.63, 3.8) is 0 Å². The van der Waals surface area contributed by atoms with Gasteiger partial charge in [-0.1, -0.05) is 11.6 Å². The fourth-order valence-electron chi connectivity index (χ4n) is 3.23. The summed E-state index contributed by atoms with van der Waals surface area (Å²) in [6, 6.07) is 3.52. The largest absolute Gasteiger partial charge is 0.454 e. The zero-order valence-electron chi connectivity index (χ0n) is 12.8. The van der Waals surface area contributed by atoms with Gasteiger partial charge in [-0.2, -0.15) is 0 Å². The Morgan fingerprint density at radius 1 is 1.22 bits per heavy atom. The van der Waals surface area contributed by atoms with Crippen molar-refractivity contribution in [2.24, 2.45) is 0 Å². The number of hydrogen-bond donors (Lipinski definition) is 1. The van der Waals surface area contributed by atoms with Crippen LogP contribution in [0.4, 0.5) is 0 Å². The van der Waals surface area contributed by atoms with Crippen LogP contribution in [-0.2, 0) is 6.54 Å². The van der Waals surface area contributed by atoms with Gasteiger partial charge in [0.05, 0.1) is 10.9 Å². The monoisotopic (exact) mass is 330 g/mol. The van der Waals surface area contributed by atoms with E-state index in [2.05, 4.69) is 11.1 Å². The molecule has 0 unspecified atom stereocenters. The van der Waals surface area contributed by atoms with E-state index in [4.69, 9.17) is 21.7 Å². The van der Waals surface area contributed by atoms with Crippen molar-refractivity contribution in [1.82, 2.24) is 9.55 Å². The molecule has 23 heavy (non-hydrogen) atoms. The molecule has 0 bridgehead atoms. The van der Waals surface area contributed by atoms with Crippen LogP contribution in [0.25, 0.3) is 10.9 Å². The van der Waals surface area contributed by atoms with Gasteiger partial charge in [-0.15, -0.1) is 0 Å². The van der Waals surface area contributed by atoms with Gasteiger partial charge in [0.15, 0.2) is 16.3 Å². The van der Waals surface area contributed by atoms with Crippen molar-refractivity contribution < 1.29 is 9.47 Å². The van der Waals surface area contributed by atoms with Crippen LogP contribution in [0.15, 0.2) is 28.6 Å².